The fraction of sp³-hybridized carbons (Fsp3) is 0.462. The number of likely N-dealkylation sites (tertiary alicyclic amines) is 1. The van der Waals surface area contributed by atoms with Crippen molar-refractivity contribution in [3.8, 4) is 0 Å². The summed E-state index contributed by atoms with van der Waals surface area (Å²) in [6.45, 7) is 1.36. The normalized spacial score (nSPS) is 15.5. The van der Waals surface area contributed by atoms with Crippen LogP contribution < -0.4 is 5.32 Å². The Kier molecular flexibility index (Phi) is 4.42. The summed E-state index contributed by atoms with van der Waals surface area (Å²) in [6, 6.07) is 3.00. The summed E-state index contributed by atoms with van der Waals surface area (Å²) in [5.74, 6) is -0.129. The number of amides is 1. The van der Waals surface area contributed by atoms with E-state index in [2.05, 4.69) is 5.32 Å². The summed E-state index contributed by atoms with van der Waals surface area (Å²) in [4.78, 5) is 13.5. The highest BCUT2D eigenvalue weighted by molar-refractivity contribution is 6.33. The predicted octanol–water partition coefficient (Wildman–Crippen LogP) is 3.39. The zero-order valence-electron chi connectivity index (χ0n) is 10.6. The van der Waals surface area contributed by atoms with Crippen molar-refractivity contribution < 1.29 is 18.0 Å². The lowest BCUT2D eigenvalue weighted by Gasteiger charge is -2.17. The van der Waals surface area contributed by atoms with Crippen LogP contribution >= 0.6 is 11.6 Å². The number of hydrogen-bond acceptors (Lipinski definition) is 2. The lowest BCUT2D eigenvalue weighted by molar-refractivity contribution is -0.137. The summed E-state index contributed by atoms with van der Waals surface area (Å²) in [5, 5.41) is 2.84. The smallest absolute Gasteiger partial charge is 0.375 e. The second-order valence-electron chi connectivity index (χ2n) is 4.63. The van der Waals surface area contributed by atoms with Gasteiger partial charge in [0.25, 0.3) is 0 Å². The minimum atomic E-state index is -4.43. The quantitative estimate of drug-likeness (QED) is 0.928. The average molecular weight is 307 g/mol. The SMILES string of the molecule is O=C(CNc1cc(C(F)(F)F)ccc1Cl)N1CCCC1. The number of carbonyl (C=O) groups excluding carboxylic acids is 1. The number of hydrogen-bond donors (Lipinski definition) is 1. The van der Waals surface area contributed by atoms with Crippen LogP contribution in [-0.4, -0.2) is 30.4 Å². The van der Waals surface area contributed by atoms with E-state index in [1.54, 1.807) is 4.90 Å². The number of alkyl halides is 3. The van der Waals surface area contributed by atoms with Gasteiger partial charge in [0, 0.05) is 13.1 Å². The first-order chi connectivity index (χ1) is 9.38. The fourth-order valence-corrected chi connectivity index (χ4v) is 2.27. The van der Waals surface area contributed by atoms with Crippen molar-refractivity contribution in [1.29, 1.82) is 0 Å². The molecule has 1 aromatic carbocycles. The molecule has 1 fully saturated rings. The molecule has 1 heterocycles. The largest absolute Gasteiger partial charge is 0.416 e. The molecule has 0 atom stereocenters. The van der Waals surface area contributed by atoms with Crippen LogP contribution in [0.15, 0.2) is 18.2 Å². The molecule has 1 saturated heterocycles. The van der Waals surface area contributed by atoms with Crippen LogP contribution in [-0.2, 0) is 11.0 Å². The molecule has 1 N–H and O–H groups in total. The molecule has 0 saturated carbocycles. The van der Waals surface area contributed by atoms with E-state index >= 15 is 0 Å². The number of nitrogens with zero attached hydrogens (tertiary/aromatic N) is 1. The molecule has 3 nitrogen and oxygen atoms in total. The van der Waals surface area contributed by atoms with Gasteiger partial charge in [-0.25, -0.2) is 0 Å². The fourth-order valence-electron chi connectivity index (χ4n) is 2.09. The van der Waals surface area contributed by atoms with Crippen molar-refractivity contribution in [1.82, 2.24) is 4.90 Å². The van der Waals surface area contributed by atoms with Gasteiger partial charge in [-0.3, -0.25) is 4.79 Å². The molecule has 1 aliphatic rings. The molecule has 110 valence electrons. The Morgan fingerprint density at radius 1 is 1.30 bits per heavy atom. The molecule has 0 spiro atoms. The molecule has 0 radical (unpaired) electrons. The summed E-state index contributed by atoms with van der Waals surface area (Å²) in [6.07, 6.45) is -2.49. The molecular formula is C13H14ClF3N2O. The maximum absolute atomic E-state index is 12.6. The van der Waals surface area contributed by atoms with Crippen LogP contribution in [0, 0.1) is 0 Å². The lowest BCUT2D eigenvalue weighted by Crippen LogP contribution is -2.33. The topological polar surface area (TPSA) is 32.3 Å². The summed E-state index contributed by atoms with van der Waals surface area (Å²) in [5.41, 5.74) is -0.674. The minimum Gasteiger partial charge on any atom is -0.375 e. The zero-order valence-corrected chi connectivity index (χ0v) is 11.4. The third-order valence-electron chi connectivity index (χ3n) is 3.18. The Balaban J connectivity index is 2.03. The van der Waals surface area contributed by atoms with Crippen molar-refractivity contribution >= 4 is 23.2 Å². The van der Waals surface area contributed by atoms with E-state index in [4.69, 9.17) is 11.6 Å². The molecule has 7 heteroatoms. The highest BCUT2D eigenvalue weighted by atomic mass is 35.5. The van der Waals surface area contributed by atoms with Gasteiger partial charge in [0.05, 0.1) is 22.8 Å². The summed E-state index contributed by atoms with van der Waals surface area (Å²) >= 11 is 5.83. The van der Waals surface area contributed by atoms with Crippen molar-refractivity contribution in [2.75, 3.05) is 25.0 Å². The lowest BCUT2D eigenvalue weighted by atomic mass is 10.2. The standard InChI is InChI=1S/C13H14ClF3N2O/c14-10-4-3-9(13(15,16)17)7-11(10)18-8-12(20)19-5-1-2-6-19/h3-4,7,18H,1-2,5-6,8H2. The van der Waals surface area contributed by atoms with Gasteiger partial charge >= 0.3 is 6.18 Å². The molecule has 0 bridgehead atoms. The first-order valence-corrected chi connectivity index (χ1v) is 6.64. The van der Waals surface area contributed by atoms with Crippen molar-refractivity contribution in [2.45, 2.75) is 19.0 Å². The van der Waals surface area contributed by atoms with Crippen LogP contribution in [0.3, 0.4) is 0 Å². The molecule has 1 aromatic rings. The predicted molar refractivity (Wildman–Crippen MR) is 70.8 cm³/mol. The van der Waals surface area contributed by atoms with Gasteiger partial charge in [0.15, 0.2) is 0 Å². The zero-order chi connectivity index (χ0) is 14.8. The molecule has 0 aromatic heterocycles. The number of rotatable bonds is 3. The Labute approximate surface area is 119 Å². The first-order valence-electron chi connectivity index (χ1n) is 6.26. The van der Waals surface area contributed by atoms with Crippen LogP contribution in [0.4, 0.5) is 18.9 Å². The van der Waals surface area contributed by atoms with E-state index in [1.807, 2.05) is 0 Å². The van der Waals surface area contributed by atoms with Crippen molar-refractivity contribution in [3.05, 3.63) is 28.8 Å². The highest BCUT2D eigenvalue weighted by Gasteiger charge is 2.31. The molecule has 20 heavy (non-hydrogen) atoms. The van der Waals surface area contributed by atoms with Gasteiger partial charge in [-0.1, -0.05) is 11.6 Å². The third-order valence-corrected chi connectivity index (χ3v) is 3.51. The molecule has 0 aliphatic carbocycles. The van der Waals surface area contributed by atoms with Crippen LogP contribution in [0.25, 0.3) is 0 Å². The number of halogens is 4. The third kappa shape index (κ3) is 3.56. The van der Waals surface area contributed by atoms with E-state index in [9.17, 15) is 18.0 Å². The monoisotopic (exact) mass is 306 g/mol. The van der Waals surface area contributed by atoms with E-state index < -0.39 is 11.7 Å². The highest BCUT2D eigenvalue weighted by Crippen LogP contribution is 2.33. The van der Waals surface area contributed by atoms with Crippen LogP contribution in [0.1, 0.15) is 18.4 Å². The molecule has 1 aliphatic heterocycles. The first kappa shape index (κ1) is 15.0. The van der Waals surface area contributed by atoms with E-state index in [0.29, 0.717) is 13.1 Å². The van der Waals surface area contributed by atoms with Crippen LogP contribution in [0.5, 0.6) is 0 Å². The number of benzene rings is 1. The Morgan fingerprint density at radius 3 is 2.55 bits per heavy atom. The number of anilines is 1. The van der Waals surface area contributed by atoms with E-state index in [1.165, 1.54) is 6.07 Å². The second kappa shape index (κ2) is 5.91. The van der Waals surface area contributed by atoms with E-state index in [0.717, 1.165) is 25.0 Å². The number of nitrogens with one attached hydrogen (secondary N) is 1. The Hall–Kier alpha value is -1.43. The maximum Gasteiger partial charge on any atom is 0.416 e. The Morgan fingerprint density at radius 2 is 1.95 bits per heavy atom. The van der Waals surface area contributed by atoms with Crippen molar-refractivity contribution in [3.63, 3.8) is 0 Å². The second-order valence-corrected chi connectivity index (χ2v) is 5.04. The maximum atomic E-state index is 12.6. The van der Waals surface area contributed by atoms with Gasteiger partial charge in [-0.2, -0.15) is 13.2 Å². The van der Waals surface area contributed by atoms with Gasteiger partial charge < -0.3 is 10.2 Å². The molecule has 1 amide bonds. The number of carbonyl (C=O) groups is 1. The van der Waals surface area contributed by atoms with Crippen LogP contribution in [0.2, 0.25) is 5.02 Å². The van der Waals surface area contributed by atoms with Gasteiger partial charge in [-0.15, -0.1) is 0 Å². The molecular weight excluding hydrogens is 293 g/mol. The Bertz CT molecular complexity index is 499. The van der Waals surface area contributed by atoms with Gasteiger partial charge in [0.2, 0.25) is 5.91 Å². The van der Waals surface area contributed by atoms with Gasteiger partial charge in [0.1, 0.15) is 0 Å². The molecule has 0 unspecified atom stereocenters. The van der Waals surface area contributed by atoms with Gasteiger partial charge in [-0.05, 0) is 31.0 Å². The summed E-state index contributed by atoms with van der Waals surface area (Å²) < 4.78 is 37.8. The summed E-state index contributed by atoms with van der Waals surface area (Å²) in [7, 11) is 0. The minimum absolute atomic E-state index is 0.0545. The van der Waals surface area contributed by atoms with Crippen molar-refractivity contribution in [2.24, 2.45) is 0 Å². The van der Waals surface area contributed by atoms with E-state index in [-0.39, 0.29) is 23.2 Å². The average Bonchev–Trinajstić information content (AvgIpc) is 2.90. The molecule has 2 rings (SSSR count).